The molecule has 94 valence electrons. The van der Waals surface area contributed by atoms with Crippen LogP contribution in [0.15, 0.2) is 18.2 Å². The van der Waals surface area contributed by atoms with E-state index < -0.39 is 0 Å². The molecular formula is C14H21FN2. The minimum atomic E-state index is -0.132. The second kappa shape index (κ2) is 5.05. The minimum absolute atomic E-state index is 0.132. The van der Waals surface area contributed by atoms with Gasteiger partial charge in [-0.3, -0.25) is 0 Å². The first-order valence-corrected chi connectivity index (χ1v) is 6.32. The van der Waals surface area contributed by atoms with Gasteiger partial charge in [0.1, 0.15) is 5.82 Å². The summed E-state index contributed by atoms with van der Waals surface area (Å²) in [5.41, 5.74) is 7.72. The van der Waals surface area contributed by atoms with Crippen LogP contribution < -0.4 is 10.6 Å². The van der Waals surface area contributed by atoms with Crippen molar-refractivity contribution in [2.45, 2.75) is 44.7 Å². The van der Waals surface area contributed by atoms with Crippen LogP contribution in [0.2, 0.25) is 0 Å². The van der Waals surface area contributed by atoms with Crippen LogP contribution in [0.1, 0.15) is 31.2 Å². The van der Waals surface area contributed by atoms with Gasteiger partial charge in [-0.2, -0.15) is 0 Å². The van der Waals surface area contributed by atoms with Gasteiger partial charge >= 0.3 is 0 Å². The summed E-state index contributed by atoms with van der Waals surface area (Å²) in [5, 5.41) is 0. The maximum Gasteiger partial charge on any atom is 0.126 e. The van der Waals surface area contributed by atoms with E-state index in [9.17, 15) is 4.39 Å². The van der Waals surface area contributed by atoms with Gasteiger partial charge in [0.15, 0.2) is 0 Å². The normalized spacial score (nSPS) is 24.7. The van der Waals surface area contributed by atoms with Crippen LogP contribution in [-0.4, -0.2) is 19.1 Å². The Labute approximate surface area is 103 Å². The van der Waals surface area contributed by atoms with Crippen LogP contribution >= 0.6 is 0 Å². The lowest BCUT2D eigenvalue weighted by atomic mass is 9.90. The molecule has 17 heavy (non-hydrogen) atoms. The van der Waals surface area contributed by atoms with E-state index in [0.717, 1.165) is 31.4 Å². The molecular weight excluding hydrogens is 215 g/mol. The Bertz CT molecular complexity index is 384. The second-order valence-electron chi connectivity index (χ2n) is 5.11. The fraction of sp³-hybridized carbons (Fsp3) is 0.571. The molecule has 0 bridgehead atoms. The molecule has 1 aromatic rings. The molecule has 0 unspecified atom stereocenters. The molecule has 2 nitrogen and oxygen atoms in total. The summed E-state index contributed by atoms with van der Waals surface area (Å²) in [6.45, 7) is 1.81. The highest BCUT2D eigenvalue weighted by Crippen LogP contribution is 2.26. The Morgan fingerprint density at radius 2 is 1.88 bits per heavy atom. The van der Waals surface area contributed by atoms with Gasteiger partial charge in [0, 0.05) is 24.8 Å². The molecule has 1 saturated carbocycles. The number of nitrogens with zero attached hydrogens (tertiary/aromatic N) is 1. The van der Waals surface area contributed by atoms with Crippen molar-refractivity contribution < 1.29 is 4.39 Å². The quantitative estimate of drug-likeness (QED) is 0.855. The van der Waals surface area contributed by atoms with E-state index in [2.05, 4.69) is 11.9 Å². The first-order chi connectivity index (χ1) is 8.08. The monoisotopic (exact) mass is 236 g/mol. The SMILES string of the molecule is Cc1cc(N(C)C2CCC(N)CC2)ccc1F. The van der Waals surface area contributed by atoms with Crippen molar-refractivity contribution >= 4 is 5.69 Å². The summed E-state index contributed by atoms with van der Waals surface area (Å²) in [7, 11) is 2.09. The maximum absolute atomic E-state index is 13.2. The molecule has 0 radical (unpaired) electrons. The molecule has 0 spiro atoms. The van der Waals surface area contributed by atoms with Crippen LogP contribution in [-0.2, 0) is 0 Å². The lowest BCUT2D eigenvalue weighted by molar-refractivity contribution is 0.385. The van der Waals surface area contributed by atoms with Crippen molar-refractivity contribution in [1.82, 2.24) is 0 Å². The zero-order valence-corrected chi connectivity index (χ0v) is 10.6. The molecule has 0 aromatic heterocycles. The first-order valence-electron chi connectivity index (χ1n) is 6.32. The van der Waals surface area contributed by atoms with Crippen molar-refractivity contribution in [2.24, 2.45) is 5.73 Å². The summed E-state index contributed by atoms with van der Waals surface area (Å²) in [5.74, 6) is -0.132. The molecule has 0 saturated heterocycles. The number of benzene rings is 1. The topological polar surface area (TPSA) is 29.3 Å². The van der Waals surface area contributed by atoms with Crippen molar-refractivity contribution in [3.63, 3.8) is 0 Å². The Morgan fingerprint density at radius 1 is 1.24 bits per heavy atom. The smallest absolute Gasteiger partial charge is 0.126 e. The molecule has 1 aliphatic carbocycles. The van der Waals surface area contributed by atoms with Crippen LogP contribution in [0.5, 0.6) is 0 Å². The van der Waals surface area contributed by atoms with E-state index >= 15 is 0 Å². The molecule has 1 aromatic carbocycles. The van der Waals surface area contributed by atoms with Crippen LogP contribution in [0.3, 0.4) is 0 Å². The lowest BCUT2D eigenvalue weighted by Gasteiger charge is -2.35. The molecule has 1 aliphatic rings. The Morgan fingerprint density at radius 3 is 2.47 bits per heavy atom. The highest BCUT2D eigenvalue weighted by molar-refractivity contribution is 5.49. The zero-order chi connectivity index (χ0) is 12.4. The van der Waals surface area contributed by atoms with Crippen LogP contribution in [0.4, 0.5) is 10.1 Å². The number of hydrogen-bond donors (Lipinski definition) is 1. The van der Waals surface area contributed by atoms with Gasteiger partial charge in [-0.15, -0.1) is 0 Å². The average Bonchev–Trinajstić information content (AvgIpc) is 2.33. The van der Waals surface area contributed by atoms with Crippen LogP contribution in [0.25, 0.3) is 0 Å². The standard InChI is InChI=1S/C14H21FN2/c1-10-9-13(7-8-14(10)15)17(2)12-5-3-11(16)4-6-12/h7-9,11-12H,3-6,16H2,1-2H3. The fourth-order valence-corrected chi connectivity index (χ4v) is 2.55. The van der Waals surface area contributed by atoms with Gasteiger partial charge in [-0.25, -0.2) is 4.39 Å². The molecule has 0 atom stereocenters. The molecule has 0 aliphatic heterocycles. The van der Waals surface area contributed by atoms with E-state index in [1.807, 2.05) is 19.1 Å². The molecule has 3 heteroatoms. The second-order valence-corrected chi connectivity index (χ2v) is 5.11. The largest absolute Gasteiger partial charge is 0.372 e. The number of aryl methyl sites for hydroxylation is 1. The van der Waals surface area contributed by atoms with Crippen molar-refractivity contribution in [3.8, 4) is 0 Å². The van der Waals surface area contributed by atoms with Gasteiger partial charge < -0.3 is 10.6 Å². The molecule has 2 rings (SSSR count). The van der Waals surface area contributed by atoms with Gasteiger partial charge in [0.25, 0.3) is 0 Å². The summed E-state index contributed by atoms with van der Waals surface area (Å²) in [6, 6.07) is 6.24. The third-order valence-electron chi connectivity index (χ3n) is 3.84. The number of anilines is 1. The fourth-order valence-electron chi connectivity index (χ4n) is 2.55. The van der Waals surface area contributed by atoms with E-state index in [0.29, 0.717) is 17.6 Å². The molecule has 1 fully saturated rings. The Kier molecular flexibility index (Phi) is 3.67. The predicted molar refractivity (Wildman–Crippen MR) is 69.8 cm³/mol. The van der Waals surface area contributed by atoms with E-state index in [1.165, 1.54) is 0 Å². The number of hydrogen-bond acceptors (Lipinski definition) is 2. The van der Waals surface area contributed by atoms with E-state index in [-0.39, 0.29) is 5.82 Å². The highest BCUT2D eigenvalue weighted by Gasteiger charge is 2.22. The lowest BCUT2D eigenvalue weighted by Crippen LogP contribution is -2.38. The molecule has 0 heterocycles. The number of nitrogens with two attached hydrogens (primary N) is 1. The summed E-state index contributed by atoms with van der Waals surface area (Å²) < 4.78 is 13.2. The Balaban J connectivity index is 2.08. The van der Waals surface area contributed by atoms with Crippen molar-refractivity contribution in [2.75, 3.05) is 11.9 Å². The van der Waals surface area contributed by atoms with Gasteiger partial charge in [-0.05, 0) is 56.4 Å². The number of halogens is 1. The maximum atomic E-state index is 13.2. The third kappa shape index (κ3) is 2.78. The van der Waals surface area contributed by atoms with Gasteiger partial charge in [-0.1, -0.05) is 0 Å². The summed E-state index contributed by atoms with van der Waals surface area (Å²) in [6.07, 6.45) is 4.45. The average molecular weight is 236 g/mol. The van der Waals surface area contributed by atoms with Crippen molar-refractivity contribution in [3.05, 3.63) is 29.6 Å². The van der Waals surface area contributed by atoms with Crippen LogP contribution in [0, 0.1) is 12.7 Å². The predicted octanol–water partition coefficient (Wildman–Crippen LogP) is 2.84. The zero-order valence-electron chi connectivity index (χ0n) is 10.6. The van der Waals surface area contributed by atoms with Gasteiger partial charge in [0.05, 0.1) is 0 Å². The Hall–Kier alpha value is -1.09. The molecule has 2 N–H and O–H groups in total. The third-order valence-corrected chi connectivity index (χ3v) is 3.84. The van der Waals surface area contributed by atoms with E-state index in [4.69, 9.17) is 5.73 Å². The van der Waals surface area contributed by atoms with Gasteiger partial charge in [0.2, 0.25) is 0 Å². The van der Waals surface area contributed by atoms with Crippen molar-refractivity contribution in [1.29, 1.82) is 0 Å². The summed E-state index contributed by atoms with van der Waals surface area (Å²) >= 11 is 0. The van der Waals surface area contributed by atoms with E-state index in [1.54, 1.807) is 6.07 Å². The minimum Gasteiger partial charge on any atom is -0.372 e. The summed E-state index contributed by atoms with van der Waals surface area (Å²) in [4.78, 5) is 2.26. The first kappa shape index (κ1) is 12.4. The number of rotatable bonds is 2. The molecule has 0 amide bonds. The highest BCUT2D eigenvalue weighted by atomic mass is 19.1.